The number of hydrogen-bond donors (Lipinski definition) is 0. The minimum Gasteiger partial charge on any atom is -0.268 e. The Bertz CT molecular complexity index is 726. The largest absolute Gasteiger partial charge is 0.268 e. The molecular formula is C16H17N3. The van der Waals surface area contributed by atoms with Crippen LogP contribution in [0, 0.1) is 0 Å². The number of pyridine rings is 1. The SMILES string of the molecule is CC(C)c1ncccc1-c1ccc2cnn(C)c2c1. The molecule has 2 aromatic heterocycles. The Morgan fingerprint density at radius 3 is 2.79 bits per heavy atom. The van der Waals surface area contributed by atoms with Gasteiger partial charge in [0.2, 0.25) is 0 Å². The minimum atomic E-state index is 0.415. The monoisotopic (exact) mass is 251 g/mol. The summed E-state index contributed by atoms with van der Waals surface area (Å²) < 4.78 is 1.91. The highest BCUT2D eigenvalue weighted by Gasteiger charge is 2.10. The molecule has 0 aliphatic rings. The maximum atomic E-state index is 4.52. The predicted octanol–water partition coefficient (Wildman–Crippen LogP) is 3.76. The number of hydrogen-bond acceptors (Lipinski definition) is 2. The summed E-state index contributed by atoms with van der Waals surface area (Å²) in [7, 11) is 1.97. The molecule has 2 heterocycles. The molecule has 3 nitrogen and oxygen atoms in total. The molecule has 3 rings (SSSR count). The molecule has 96 valence electrons. The maximum Gasteiger partial charge on any atom is 0.0685 e. The van der Waals surface area contributed by atoms with E-state index >= 15 is 0 Å². The summed E-state index contributed by atoms with van der Waals surface area (Å²) in [4.78, 5) is 4.52. The van der Waals surface area contributed by atoms with Gasteiger partial charge in [0, 0.05) is 24.2 Å². The number of fused-ring (bicyclic) bond motifs is 1. The first kappa shape index (κ1) is 11.9. The van der Waals surface area contributed by atoms with Crippen LogP contribution in [0.25, 0.3) is 22.0 Å². The van der Waals surface area contributed by atoms with Crippen molar-refractivity contribution in [2.45, 2.75) is 19.8 Å². The Labute approximate surface area is 112 Å². The summed E-state index contributed by atoms with van der Waals surface area (Å²) in [6, 6.07) is 10.6. The van der Waals surface area contributed by atoms with Crippen molar-refractivity contribution in [3.63, 3.8) is 0 Å². The molecule has 0 atom stereocenters. The van der Waals surface area contributed by atoms with E-state index in [1.807, 2.05) is 30.2 Å². The van der Waals surface area contributed by atoms with Crippen LogP contribution < -0.4 is 0 Å². The summed E-state index contributed by atoms with van der Waals surface area (Å²) in [5, 5.41) is 5.46. The van der Waals surface area contributed by atoms with Crippen molar-refractivity contribution in [3.05, 3.63) is 48.4 Å². The number of aromatic nitrogens is 3. The highest BCUT2D eigenvalue weighted by atomic mass is 15.2. The lowest BCUT2D eigenvalue weighted by atomic mass is 9.97. The van der Waals surface area contributed by atoms with Crippen molar-refractivity contribution in [2.75, 3.05) is 0 Å². The van der Waals surface area contributed by atoms with Crippen LogP contribution in [-0.4, -0.2) is 14.8 Å². The fourth-order valence-corrected chi connectivity index (χ4v) is 2.43. The normalized spacial score (nSPS) is 11.4. The fourth-order valence-electron chi connectivity index (χ4n) is 2.43. The molecule has 0 saturated heterocycles. The number of nitrogens with zero attached hydrogens (tertiary/aromatic N) is 3. The van der Waals surface area contributed by atoms with Gasteiger partial charge in [-0.1, -0.05) is 32.0 Å². The van der Waals surface area contributed by atoms with Crippen molar-refractivity contribution in [1.29, 1.82) is 0 Å². The van der Waals surface area contributed by atoms with E-state index in [4.69, 9.17) is 0 Å². The van der Waals surface area contributed by atoms with Gasteiger partial charge in [-0.05, 0) is 23.6 Å². The predicted molar refractivity (Wildman–Crippen MR) is 78.0 cm³/mol. The zero-order valence-electron chi connectivity index (χ0n) is 11.5. The quantitative estimate of drug-likeness (QED) is 0.694. The Hall–Kier alpha value is -2.16. The minimum absolute atomic E-state index is 0.415. The fraction of sp³-hybridized carbons (Fsp3) is 0.250. The Kier molecular flexibility index (Phi) is 2.82. The molecule has 0 unspecified atom stereocenters. The van der Waals surface area contributed by atoms with Crippen LogP contribution in [0.5, 0.6) is 0 Å². The third-order valence-corrected chi connectivity index (χ3v) is 3.45. The Morgan fingerprint density at radius 2 is 2.00 bits per heavy atom. The van der Waals surface area contributed by atoms with Crippen molar-refractivity contribution in [3.8, 4) is 11.1 Å². The topological polar surface area (TPSA) is 30.7 Å². The number of benzene rings is 1. The summed E-state index contributed by atoms with van der Waals surface area (Å²) in [6.45, 7) is 4.35. The molecule has 0 aliphatic carbocycles. The van der Waals surface area contributed by atoms with Gasteiger partial charge in [0.1, 0.15) is 0 Å². The Balaban J connectivity index is 2.21. The zero-order valence-corrected chi connectivity index (χ0v) is 11.5. The first-order chi connectivity index (χ1) is 9.16. The molecule has 0 bridgehead atoms. The van der Waals surface area contributed by atoms with E-state index in [1.165, 1.54) is 16.5 Å². The van der Waals surface area contributed by atoms with Crippen molar-refractivity contribution >= 4 is 10.9 Å². The maximum absolute atomic E-state index is 4.52. The van der Waals surface area contributed by atoms with Gasteiger partial charge in [-0.3, -0.25) is 9.67 Å². The molecule has 0 aliphatic heterocycles. The van der Waals surface area contributed by atoms with E-state index in [1.54, 1.807) is 0 Å². The average Bonchev–Trinajstić information content (AvgIpc) is 2.80. The number of aryl methyl sites for hydroxylation is 1. The van der Waals surface area contributed by atoms with E-state index in [0.717, 1.165) is 11.2 Å². The summed E-state index contributed by atoms with van der Waals surface area (Å²) in [6.07, 6.45) is 3.76. The summed E-state index contributed by atoms with van der Waals surface area (Å²) in [5.41, 5.74) is 4.70. The van der Waals surface area contributed by atoms with Crippen molar-refractivity contribution < 1.29 is 0 Å². The molecule has 0 amide bonds. The van der Waals surface area contributed by atoms with Gasteiger partial charge >= 0.3 is 0 Å². The zero-order chi connectivity index (χ0) is 13.4. The summed E-state index contributed by atoms with van der Waals surface area (Å²) >= 11 is 0. The van der Waals surface area contributed by atoms with Gasteiger partial charge in [0.25, 0.3) is 0 Å². The van der Waals surface area contributed by atoms with Crippen LogP contribution in [0.4, 0.5) is 0 Å². The van der Waals surface area contributed by atoms with Crippen LogP contribution in [0.15, 0.2) is 42.7 Å². The van der Waals surface area contributed by atoms with Crippen LogP contribution in [0.1, 0.15) is 25.5 Å². The van der Waals surface area contributed by atoms with E-state index < -0.39 is 0 Å². The van der Waals surface area contributed by atoms with Gasteiger partial charge in [-0.25, -0.2) is 0 Å². The smallest absolute Gasteiger partial charge is 0.0685 e. The molecule has 0 spiro atoms. The average molecular weight is 251 g/mol. The lowest BCUT2D eigenvalue weighted by Crippen LogP contribution is -1.96. The molecule has 0 radical (unpaired) electrons. The third-order valence-electron chi connectivity index (χ3n) is 3.45. The molecule has 0 fully saturated rings. The molecule has 19 heavy (non-hydrogen) atoms. The molecule has 3 aromatic rings. The second kappa shape index (κ2) is 4.50. The van der Waals surface area contributed by atoms with Crippen LogP contribution in [0.2, 0.25) is 0 Å². The first-order valence-electron chi connectivity index (χ1n) is 6.54. The highest BCUT2D eigenvalue weighted by molar-refractivity contribution is 5.84. The van der Waals surface area contributed by atoms with Gasteiger partial charge in [0.15, 0.2) is 0 Å². The lowest BCUT2D eigenvalue weighted by Gasteiger charge is -2.11. The first-order valence-corrected chi connectivity index (χ1v) is 6.54. The van der Waals surface area contributed by atoms with E-state index in [0.29, 0.717) is 5.92 Å². The molecule has 0 saturated carbocycles. The van der Waals surface area contributed by atoms with Gasteiger partial charge in [-0.2, -0.15) is 5.10 Å². The van der Waals surface area contributed by atoms with Crippen LogP contribution in [0.3, 0.4) is 0 Å². The number of rotatable bonds is 2. The molecule has 3 heteroatoms. The van der Waals surface area contributed by atoms with Gasteiger partial charge in [0.05, 0.1) is 17.4 Å². The lowest BCUT2D eigenvalue weighted by molar-refractivity contribution is 0.797. The second-order valence-corrected chi connectivity index (χ2v) is 5.13. The Morgan fingerprint density at radius 1 is 1.16 bits per heavy atom. The van der Waals surface area contributed by atoms with Crippen LogP contribution >= 0.6 is 0 Å². The summed E-state index contributed by atoms with van der Waals surface area (Å²) in [5.74, 6) is 0.415. The molecule has 0 N–H and O–H groups in total. The van der Waals surface area contributed by atoms with E-state index in [2.05, 4.69) is 48.2 Å². The molecular weight excluding hydrogens is 234 g/mol. The van der Waals surface area contributed by atoms with E-state index in [9.17, 15) is 0 Å². The molecule has 1 aromatic carbocycles. The van der Waals surface area contributed by atoms with Crippen molar-refractivity contribution in [1.82, 2.24) is 14.8 Å². The standard InChI is InChI=1S/C16H17N3/c1-11(2)16-14(5-4-8-17-16)12-6-7-13-10-18-19(3)15(13)9-12/h4-11H,1-3H3. The highest BCUT2D eigenvalue weighted by Crippen LogP contribution is 2.29. The van der Waals surface area contributed by atoms with Crippen molar-refractivity contribution in [2.24, 2.45) is 7.05 Å². The van der Waals surface area contributed by atoms with E-state index in [-0.39, 0.29) is 0 Å². The van der Waals surface area contributed by atoms with Crippen LogP contribution in [-0.2, 0) is 7.05 Å². The second-order valence-electron chi connectivity index (χ2n) is 5.13. The van der Waals surface area contributed by atoms with Gasteiger partial charge < -0.3 is 0 Å². The van der Waals surface area contributed by atoms with Gasteiger partial charge in [-0.15, -0.1) is 0 Å². The third kappa shape index (κ3) is 2.01.